The molecule has 0 saturated heterocycles. The highest BCUT2D eigenvalue weighted by atomic mass is 35.5. The van der Waals surface area contributed by atoms with E-state index in [1.54, 1.807) is 12.1 Å². The highest BCUT2D eigenvalue weighted by Crippen LogP contribution is 2.35. The third kappa shape index (κ3) is 3.42. The first-order chi connectivity index (χ1) is 6.97. The molecule has 0 aliphatic rings. The molecule has 5 heteroatoms. The molecule has 1 aromatic carbocycles. The van der Waals surface area contributed by atoms with E-state index in [1.165, 1.54) is 0 Å². The number of rotatable bonds is 3. The van der Waals surface area contributed by atoms with Crippen LogP contribution in [0.15, 0.2) is 12.1 Å². The third-order valence-corrected chi connectivity index (χ3v) is 3.26. The van der Waals surface area contributed by atoms with Crippen molar-refractivity contribution in [2.75, 3.05) is 0 Å². The lowest BCUT2D eigenvalue weighted by molar-refractivity contribution is 0.453. The normalized spacial score (nSPS) is 14.1. The SMILES string of the molecule is CCC(C)[C@H](N)c1cc(Cl)c(O)c(Cl)c1.Cl. The van der Waals surface area contributed by atoms with E-state index in [4.69, 9.17) is 28.9 Å². The van der Waals surface area contributed by atoms with E-state index in [9.17, 15) is 5.11 Å². The zero-order valence-electron chi connectivity index (χ0n) is 9.21. The minimum Gasteiger partial charge on any atom is -0.505 e. The predicted molar refractivity (Wildman–Crippen MR) is 71.8 cm³/mol. The average Bonchev–Trinajstić information content (AvgIpc) is 2.23. The van der Waals surface area contributed by atoms with Gasteiger partial charge in [-0.15, -0.1) is 12.4 Å². The van der Waals surface area contributed by atoms with Gasteiger partial charge in [0.05, 0.1) is 10.0 Å². The molecule has 0 amide bonds. The van der Waals surface area contributed by atoms with Gasteiger partial charge in [-0.25, -0.2) is 0 Å². The van der Waals surface area contributed by atoms with E-state index in [0.29, 0.717) is 5.92 Å². The lowest BCUT2D eigenvalue weighted by Crippen LogP contribution is -2.18. The molecule has 0 aromatic heterocycles. The second-order valence-corrected chi connectivity index (χ2v) is 4.56. The van der Waals surface area contributed by atoms with Gasteiger partial charge in [0.2, 0.25) is 0 Å². The van der Waals surface area contributed by atoms with Gasteiger partial charge in [0.1, 0.15) is 0 Å². The molecule has 92 valence electrons. The fourth-order valence-corrected chi connectivity index (χ4v) is 1.86. The summed E-state index contributed by atoms with van der Waals surface area (Å²) in [6.07, 6.45) is 0.983. The van der Waals surface area contributed by atoms with Crippen molar-refractivity contribution in [2.24, 2.45) is 11.7 Å². The summed E-state index contributed by atoms with van der Waals surface area (Å²) < 4.78 is 0. The van der Waals surface area contributed by atoms with E-state index in [1.807, 2.05) is 0 Å². The van der Waals surface area contributed by atoms with Gasteiger partial charge >= 0.3 is 0 Å². The Morgan fingerprint density at radius 1 is 1.31 bits per heavy atom. The van der Waals surface area contributed by atoms with Crippen molar-refractivity contribution in [3.8, 4) is 5.75 Å². The summed E-state index contributed by atoms with van der Waals surface area (Å²) in [6.45, 7) is 4.15. The highest BCUT2D eigenvalue weighted by Gasteiger charge is 2.16. The van der Waals surface area contributed by atoms with E-state index >= 15 is 0 Å². The molecule has 0 fully saturated rings. The molecule has 2 atom stereocenters. The highest BCUT2D eigenvalue weighted by molar-refractivity contribution is 6.37. The van der Waals surface area contributed by atoms with E-state index in [2.05, 4.69) is 13.8 Å². The standard InChI is InChI=1S/C11H15Cl2NO.ClH/c1-3-6(2)10(14)7-4-8(12)11(15)9(13)5-7;/h4-6,10,15H,3,14H2,1-2H3;1H/t6?,10-;/m0./s1. The summed E-state index contributed by atoms with van der Waals surface area (Å²) >= 11 is 11.6. The number of nitrogens with two attached hydrogens (primary N) is 1. The number of aromatic hydroxyl groups is 1. The Kier molecular flexibility index (Phi) is 6.49. The molecule has 0 bridgehead atoms. The van der Waals surface area contributed by atoms with E-state index in [-0.39, 0.29) is 34.2 Å². The molecule has 1 rings (SSSR count). The van der Waals surface area contributed by atoms with E-state index in [0.717, 1.165) is 12.0 Å². The lowest BCUT2D eigenvalue weighted by atomic mass is 9.93. The fourth-order valence-electron chi connectivity index (χ4n) is 1.36. The van der Waals surface area contributed by atoms with Crippen LogP contribution in [0.1, 0.15) is 31.9 Å². The van der Waals surface area contributed by atoms with Crippen molar-refractivity contribution in [1.29, 1.82) is 0 Å². The Morgan fingerprint density at radius 2 is 1.75 bits per heavy atom. The molecular formula is C11H16Cl3NO. The fraction of sp³-hybridized carbons (Fsp3) is 0.455. The van der Waals surface area contributed by atoms with Gasteiger partial charge in [-0.2, -0.15) is 0 Å². The van der Waals surface area contributed by atoms with Gasteiger partial charge in [-0.05, 0) is 23.6 Å². The van der Waals surface area contributed by atoms with Crippen LogP contribution in [0.5, 0.6) is 5.75 Å². The van der Waals surface area contributed by atoms with Gasteiger partial charge in [0.25, 0.3) is 0 Å². The maximum Gasteiger partial charge on any atom is 0.152 e. The molecule has 16 heavy (non-hydrogen) atoms. The molecule has 0 saturated carbocycles. The summed E-state index contributed by atoms with van der Waals surface area (Å²) in [5.74, 6) is 0.264. The average molecular weight is 285 g/mol. The quantitative estimate of drug-likeness (QED) is 0.875. The van der Waals surface area contributed by atoms with Crippen LogP contribution in [0.25, 0.3) is 0 Å². The van der Waals surface area contributed by atoms with Crippen molar-refractivity contribution < 1.29 is 5.11 Å². The Balaban J connectivity index is 0.00000225. The molecule has 0 heterocycles. The zero-order valence-corrected chi connectivity index (χ0v) is 11.5. The number of phenolic OH excluding ortho intramolecular Hbond substituents is 1. The number of benzene rings is 1. The molecule has 0 radical (unpaired) electrons. The summed E-state index contributed by atoms with van der Waals surface area (Å²) in [5, 5.41) is 9.90. The van der Waals surface area contributed by atoms with Crippen LogP contribution in [0, 0.1) is 5.92 Å². The Hall–Kier alpha value is -0.150. The number of hydrogen-bond acceptors (Lipinski definition) is 2. The third-order valence-electron chi connectivity index (χ3n) is 2.68. The van der Waals surface area contributed by atoms with Crippen LogP contribution in [0.3, 0.4) is 0 Å². The minimum absolute atomic E-state index is 0. The van der Waals surface area contributed by atoms with Crippen LogP contribution in [-0.2, 0) is 0 Å². The largest absolute Gasteiger partial charge is 0.505 e. The first kappa shape index (κ1) is 15.9. The summed E-state index contributed by atoms with van der Waals surface area (Å²) in [6, 6.07) is 3.23. The first-order valence-electron chi connectivity index (χ1n) is 4.90. The second-order valence-electron chi connectivity index (χ2n) is 3.74. The zero-order chi connectivity index (χ0) is 11.6. The Bertz CT molecular complexity index is 334. The summed E-state index contributed by atoms with van der Waals surface area (Å²) in [7, 11) is 0. The molecule has 1 unspecified atom stereocenters. The van der Waals surface area contributed by atoms with Crippen molar-refractivity contribution in [3.05, 3.63) is 27.7 Å². The monoisotopic (exact) mass is 283 g/mol. The smallest absolute Gasteiger partial charge is 0.152 e. The van der Waals surface area contributed by atoms with Gasteiger partial charge < -0.3 is 10.8 Å². The van der Waals surface area contributed by atoms with Gasteiger partial charge in [0, 0.05) is 6.04 Å². The first-order valence-corrected chi connectivity index (χ1v) is 5.66. The van der Waals surface area contributed by atoms with Crippen molar-refractivity contribution in [3.63, 3.8) is 0 Å². The van der Waals surface area contributed by atoms with Crippen molar-refractivity contribution in [2.45, 2.75) is 26.3 Å². The molecule has 0 spiro atoms. The number of hydrogen-bond donors (Lipinski definition) is 2. The van der Waals surface area contributed by atoms with Crippen LogP contribution in [-0.4, -0.2) is 5.11 Å². The van der Waals surface area contributed by atoms with Gasteiger partial charge in [-0.3, -0.25) is 0 Å². The van der Waals surface area contributed by atoms with Gasteiger partial charge in [-0.1, -0.05) is 43.5 Å². The number of phenols is 1. The Morgan fingerprint density at radius 3 is 2.12 bits per heavy atom. The van der Waals surface area contributed by atoms with Gasteiger partial charge in [0.15, 0.2) is 5.75 Å². The van der Waals surface area contributed by atoms with Crippen LogP contribution in [0.2, 0.25) is 10.0 Å². The molecule has 3 N–H and O–H groups in total. The summed E-state index contributed by atoms with van der Waals surface area (Å²) in [5.41, 5.74) is 6.90. The lowest BCUT2D eigenvalue weighted by Gasteiger charge is -2.19. The van der Waals surface area contributed by atoms with Crippen molar-refractivity contribution in [1.82, 2.24) is 0 Å². The second kappa shape index (κ2) is 6.55. The van der Waals surface area contributed by atoms with Crippen LogP contribution in [0.4, 0.5) is 0 Å². The maximum atomic E-state index is 9.40. The Labute approximate surface area is 112 Å². The molecule has 0 aliphatic heterocycles. The minimum atomic E-state index is -0.106. The predicted octanol–water partition coefficient (Wildman–Crippen LogP) is 4.17. The van der Waals surface area contributed by atoms with Crippen molar-refractivity contribution >= 4 is 35.6 Å². The van der Waals surface area contributed by atoms with Crippen LogP contribution >= 0.6 is 35.6 Å². The summed E-state index contributed by atoms with van der Waals surface area (Å²) in [4.78, 5) is 0. The van der Waals surface area contributed by atoms with Crippen LogP contribution < -0.4 is 5.73 Å². The maximum absolute atomic E-state index is 9.40. The molecular weight excluding hydrogens is 268 g/mol. The number of halogens is 3. The van der Waals surface area contributed by atoms with E-state index < -0.39 is 0 Å². The molecule has 0 aliphatic carbocycles. The topological polar surface area (TPSA) is 46.2 Å². The molecule has 1 aromatic rings. The molecule has 2 nitrogen and oxygen atoms in total.